The van der Waals surface area contributed by atoms with Crippen LogP contribution in [0.5, 0.6) is 11.8 Å². The van der Waals surface area contributed by atoms with Crippen molar-refractivity contribution < 1.29 is 40.7 Å². The Labute approximate surface area is 408 Å². The summed E-state index contributed by atoms with van der Waals surface area (Å²) < 4.78 is 75.9. The summed E-state index contributed by atoms with van der Waals surface area (Å²) in [6, 6.07) is 28.1. The zero-order chi connectivity index (χ0) is 50.2. The second-order valence-corrected chi connectivity index (χ2v) is 21.9. The summed E-state index contributed by atoms with van der Waals surface area (Å²) in [5.41, 5.74) is 8.19. The molecular weight excluding hydrogens is 931 g/mol. The van der Waals surface area contributed by atoms with Gasteiger partial charge in [0.25, 0.3) is 11.8 Å². The third-order valence-electron chi connectivity index (χ3n) is 12.6. The van der Waals surface area contributed by atoms with Crippen molar-refractivity contribution in [3.63, 3.8) is 0 Å². The van der Waals surface area contributed by atoms with E-state index in [-0.39, 0.29) is 63.4 Å². The maximum absolute atomic E-state index is 14.5. The molecule has 18 heteroatoms. The second kappa shape index (κ2) is 19.4. The average molecular weight is 986 g/mol. The lowest BCUT2D eigenvalue weighted by Gasteiger charge is -2.40. The fraction of sp³-hybridized carbons (Fsp3) is 0.288. The Morgan fingerprint density at radius 1 is 0.686 bits per heavy atom. The minimum Gasteiger partial charge on any atom is -0.471 e. The molecule has 0 radical (unpaired) electrons. The molecule has 4 heterocycles. The van der Waals surface area contributed by atoms with E-state index in [9.17, 15) is 31.2 Å². The highest BCUT2D eigenvalue weighted by Crippen LogP contribution is 2.43. The molecule has 0 saturated heterocycles. The van der Waals surface area contributed by atoms with Gasteiger partial charge in [0.15, 0.2) is 0 Å². The van der Waals surface area contributed by atoms with Crippen molar-refractivity contribution in [3.05, 3.63) is 166 Å². The normalized spacial score (nSPS) is 18.3. The molecule has 2 aromatic heterocycles. The standard InChI is InChI=1S/C52H55N7O9S2/c1-7-32-17-20-40(21-18-32)69(63,64)58-45-29-52(5,68-49-42(45)25-36(30-54-49)47(61)56-38-14-12-13-34(23-38)46(53)60)27-35-24-41(22-19-33(35)8-2)70(65,66)57-44-28-51(3,4)67-48-43(44)26-37(31-55-48)50(62)59(6)39-15-10-9-11-16-39/h9-26,30-31,44-45,57-58H,7-8,27-29H2,1-6H3,(H2,53,60)(H,56,61)/t44-,45-,52?/m0/s1. The van der Waals surface area contributed by atoms with Gasteiger partial charge in [0.05, 0.1) is 33.0 Å². The number of anilines is 2. The molecule has 364 valence electrons. The molecule has 0 bridgehead atoms. The molecule has 0 spiro atoms. The van der Waals surface area contributed by atoms with Crippen LogP contribution in [0.4, 0.5) is 11.4 Å². The van der Waals surface area contributed by atoms with Crippen LogP contribution in [0.1, 0.15) is 118 Å². The van der Waals surface area contributed by atoms with E-state index in [1.807, 2.05) is 65.0 Å². The van der Waals surface area contributed by atoms with E-state index in [2.05, 4.69) is 24.7 Å². The first-order chi connectivity index (χ1) is 33.2. The highest BCUT2D eigenvalue weighted by Gasteiger charge is 2.42. The molecule has 2 aliphatic rings. The molecule has 1 unspecified atom stereocenters. The third kappa shape index (κ3) is 10.7. The van der Waals surface area contributed by atoms with Gasteiger partial charge in [-0.25, -0.2) is 36.2 Å². The van der Waals surface area contributed by atoms with Crippen LogP contribution in [-0.2, 0) is 39.3 Å². The van der Waals surface area contributed by atoms with E-state index in [1.165, 1.54) is 47.6 Å². The SMILES string of the molecule is CCc1ccc(S(=O)(=O)N[C@H]2CC(C)(Cc3cc(S(=O)(=O)N[C@H]4CC(C)(C)Oc5ncc(C(=O)N(C)c6ccccc6)cc54)ccc3CC)Oc3ncc(C(=O)Nc4cccc(C(N)=O)c4)cc32)cc1. The molecule has 2 aliphatic heterocycles. The number of aromatic nitrogens is 2. The number of carbonyl (C=O) groups is 3. The van der Waals surface area contributed by atoms with Crippen LogP contribution in [0.15, 0.2) is 131 Å². The summed E-state index contributed by atoms with van der Waals surface area (Å²) in [6.45, 7) is 9.41. The molecule has 0 fully saturated rings. The second-order valence-electron chi connectivity index (χ2n) is 18.5. The molecule has 6 aromatic rings. The lowest BCUT2D eigenvalue weighted by Crippen LogP contribution is -2.45. The molecule has 4 aromatic carbocycles. The molecule has 3 amide bonds. The summed E-state index contributed by atoms with van der Waals surface area (Å²) >= 11 is 0. The van der Waals surface area contributed by atoms with Crippen molar-refractivity contribution in [3.8, 4) is 11.8 Å². The number of pyridine rings is 2. The molecular formula is C52H55N7O9S2. The molecule has 3 atom stereocenters. The molecule has 0 saturated carbocycles. The molecule has 5 N–H and O–H groups in total. The van der Waals surface area contributed by atoms with E-state index in [1.54, 1.807) is 55.6 Å². The van der Waals surface area contributed by atoms with Crippen LogP contribution in [0, 0.1) is 0 Å². The highest BCUT2D eigenvalue weighted by atomic mass is 32.2. The first-order valence-corrected chi connectivity index (χ1v) is 25.8. The quantitative estimate of drug-likeness (QED) is 0.0782. The number of aryl methyl sites for hydroxylation is 2. The summed E-state index contributed by atoms with van der Waals surface area (Å²) in [5.74, 6) is -1.27. The van der Waals surface area contributed by atoms with Crippen LogP contribution >= 0.6 is 0 Å². The minimum absolute atomic E-state index is 0.0164. The van der Waals surface area contributed by atoms with E-state index >= 15 is 0 Å². The van der Waals surface area contributed by atoms with Gasteiger partial charge >= 0.3 is 0 Å². The van der Waals surface area contributed by atoms with Crippen molar-refractivity contribution in [2.24, 2.45) is 5.73 Å². The first kappa shape index (κ1) is 49.4. The number of fused-ring (bicyclic) bond motifs is 2. The number of para-hydroxylation sites is 1. The van der Waals surface area contributed by atoms with Gasteiger partial charge in [-0.1, -0.05) is 56.3 Å². The predicted molar refractivity (Wildman–Crippen MR) is 265 cm³/mol. The van der Waals surface area contributed by atoms with Gasteiger partial charge in [-0.3, -0.25) is 14.4 Å². The monoisotopic (exact) mass is 985 g/mol. The zero-order valence-corrected chi connectivity index (χ0v) is 41.3. The summed E-state index contributed by atoms with van der Waals surface area (Å²) in [5, 5.41) is 2.75. The van der Waals surface area contributed by atoms with Crippen LogP contribution in [0.25, 0.3) is 0 Å². The number of ether oxygens (including phenoxy) is 2. The number of nitrogens with zero attached hydrogens (tertiary/aromatic N) is 3. The Morgan fingerprint density at radius 3 is 1.96 bits per heavy atom. The Bertz CT molecular complexity index is 3220. The molecule has 8 rings (SSSR count). The third-order valence-corrected chi connectivity index (χ3v) is 15.5. The van der Waals surface area contributed by atoms with Gasteiger partial charge in [0.2, 0.25) is 37.7 Å². The summed E-state index contributed by atoms with van der Waals surface area (Å²) in [7, 11) is -6.75. The van der Waals surface area contributed by atoms with Gasteiger partial charge in [0, 0.05) is 66.8 Å². The number of rotatable bonds is 15. The van der Waals surface area contributed by atoms with Gasteiger partial charge < -0.3 is 25.4 Å². The number of benzene rings is 4. The molecule has 16 nitrogen and oxygen atoms in total. The van der Waals surface area contributed by atoms with E-state index in [0.717, 1.165) is 17.5 Å². The Balaban J connectivity index is 1.10. The van der Waals surface area contributed by atoms with E-state index in [4.69, 9.17) is 15.2 Å². The maximum atomic E-state index is 14.5. The minimum atomic E-state index is -4.25. The van der Waals surface area contributed by atoms with Gasteiger partial charge in [-0.15, -0.1) is 0 Å². The fourth-order valence-electron chi connectivity index (χ4n) is 8.90. The number of primary amides is 1. The molecule has 70 heavy (non-hydrogen) atoms. The van der Waals surface area contributed by atoms with Crippen molar-refractivity contribution in [2.45, 2.75) is 99.8 Å². The van der Waals surface area contributed by atoms with Crippen molar-refractivity contribution in [1.29, 1.82) is 0 Å². The first-order valence-electron chi connectivity index (χ1n) is 22.8. The van der Waals surface area contributed by atoms with Crippen LogP contribution < -0.4 is 34.9 Å². The van der Waals surface area contributed by atoms with Gasteiger partial charge in [0.1, 0.15) is 11.2 Å². The van der Waals surface area contributed by atoms with E-state index < -0.39 is 55.1 Å². The summed E-state index contributed by atoms with van der Waals surface area (Å²) in [6.07, 6.45) is 4.43. The Hall–Kier alpha value is -6.99. The Morgan fingerprint density at radius 2 is 1.30 bits per heavy atom. The lowest BCUT2D eigenvalue weighted by atomic mass is 9.83. The summed E-state index contributed by atoms with van der Waals surface area (Å²) in [4.78, 5) is 49.6. The predicted octanol–water partition coefficient (Wildman–Crippen LogP) is 7.61. The number of sulfonamides is 2. The molecule has 0 aliphatic carbocycles. The van der Waals surface area contributed by atoms with Crippen molar-refractivity contribution in [1.82, 2.24) is 19.4 Å². The van der Waals surface area contributed by atoms with Gasteiger partial charge in [-0.2, -0.15) is 0 Å². The number of hydrogen-bond acceptors (Lipinski definition) is 11. The van der Waals surface area contributed by atoms with Crippen LogP contribution in [-0.4, -0.2) is 62.8 Å². The highest BCUT2D eigenvalue weighted by molar-refractivity contribution is 7.89. The number of nitrogens with one attached hydrogen (secondary N) is 3. The topological polar surface area (TPSA) is 229 Å². The smallest absolute Gasteiger partial charge is 0.259 e. The van der Waals surface area contributed by atoms with Crippen molar-refractivity contribution >= 4 is 49.1 Å². The lowest BCUT2D eigenvalue weighted by molar-refractivity contribution is 0.0459. The van der Waals surface area contributed by atoms with Crippen LogP contribution in [0.2, 0.25) is 0 Å². The van der Waals surface area contributed by atoms with Gasteiger partial charge in [-0.05, 0) is 117 Å². The number of hydrogen-bond donors (Lipinski definition) is 4. The van der Waals surface area contributed by atoms with Crippen LogP contribution in [0.3, 0.4) is 0 Å². The number of carbonyl (C=O) groups excluding carboxylic acids is 3. The Kier molecular flexibility index (Phi) is 13.7. The maximum Gasteiger partial charge on any atom is 0.259 e. The average Bonchev–Trinajstić information content (AvgIpc) is 3.33. The van der Waals surface area contributed by atoms with Crippen molar-refractivity contribution in [2.75, 3.05) is 17.3 Å². The number of amides is 3. The van der Waals surface area contributed by atoms with E-state index in [0.29, 0.717) is 34.5 Å². The fourth-order valence-corrected chi connectivity index (χ4v) is 11.4. The largest absolute Gasteiger partial charge is 0.471 e. The zero-order valence-electron chi connectivity index (χ0n) is 39.6. The number of nitrogens with two attached hydrogens (primary N) is 1.